The Kier molecular flexibility index (Phi) is 10.8. The molecule has 10 heteroatoms. The predicted molar refractivity (Wildman–Crippen MR) is 140 cm³/mol. The van der Waals surface area contributed by atoms with Crippen LogP contribution >= 0.6 is 11.6 Å². The van der Waals surface area contributed by atoms with Crippen molar-refractivity contribution in [3.05, 3.63) is 83.9 Å². The Morgan fingerprint density at radius 2 is 1.54 bits per heavy atom. The topological polar surface area (TPSA) is 115 Å². The van der Waals surface area contributed by atoms with Crippen molar-refractivity contribution in [3.8, 4) is 17.2 Å². The molecule has 0 bridgehead atoms. The van der Waals surface area contributed by atoms with Crippen molar-refractivity contribution in [3.63, 3.8) is 0 Å². The lowest BCUT2D eigenvalue weighted by molar-refractivity contribution is -0.912. The molecule has 1 fully saturated rings. The van der Waals surface area contributed by atoms with Crippen LogP contribution in [-0.4, -0.2) is 49.8 Å². The molecule has 0 saturated carbocycles. The first-order chi connectivity index (χ1) is 17.7. The first-order valence-corrected chi connectivity index (χ1v) is 13.8. The number of nitrogens with one attached hydrogen (secondary N) is 1. The van der Waals surface area contributed by atoms with Gasteiger partial charge in [-0.25, -0.2) is 0 Å². The third-order valence-corrected chi connectivity index (χ3v) is 7.00. The van der Waals surface area contributed by atoms with Crippen LogP contribution in [0.5, 0.6) is 17.2 Å². The molecule has 3 aromatic carbocycles. The molecule has 0 amide bonds. The summed E-state index contributed by atoms with van der Waals surface area (Å²) in [5.74, 6) is 1.57. The Hall–Kier alpha value is -3.11. The summed E-state index contributed by atoms with van der Waals surface area (Å²) in [5.41, 5.74) is 0. The van der Waals surface area contributed by atoms with Gasteiger partial charge in [-0.1, -0.05) is 29.8 Å². The molecule has 2 atom stereocenters. The summed E-state index contributed by atoms with van der Waals surface area (Å²) in [4.78, 5) is 12.1. The van der Waals surface area contributed by atoms with Gasteiger partial charge in [0.25, 0.3) is 10.1 Å². The monoisotopic (exact) mass is 548 g/mol. The minimum absolute atomic E-state index is 0.0741. The van der Waals surface area contributed by atoms with Crippen LogP contribution in [0.2, 0.25) is 5.02 Å². The Morgan fingerprint density at radius 1 is 0.946 bits per heavy atom. The molecule has 0 radical (unpaired) electrons. The second-order valence-electron chi connectivity index (χ2n) is 8.62. The van der Waals surface area contributed by atoms with Gasteiger partial charge in [-0.2, -0.15) is 8.42 Å². The highest BCUT2D eigenvalue weighted by Gasteiger charge is 2.28. The van der Waals surface area contributed by atoms with Crippen LogP contribution in [-0.2, 0) is 14.9 Å². The van der Waals surface area contributed by atoms with Crippen molar-refractivity contribution in [1.82, 2.24) is 0 Å². The van der Waals surface area contributed by atoms with Gasteiger partial charge >= 0.3 is 5.97 Å². The number of aliphatic carboxylic acids is 1. The zero-order valence-corrected chi connectivity index (χ0v) is 21.8. The smallest absolute Gasteiger partial charge is 0.303 e. The molecule has 3 N–H and O–H groups in total. The van der Waals surface area contributed by atoms with E-state index in [4.69, 9.17) is 30.7 Å². The summed E-state index contributed by atoms with van der Waals surface area (Å²) >= 11 is 5.88. The number of carbonyl (C=O) groups is 1. The van der Waals surface area contributed by atoms with Gasteiger partial charge in [-0.05, 0) is 60.7 Å². The van der Waals surface area contributed by atoms with Crippen LogP contribution in [0.15, 0.2) is 83.8 Å². The maximum Gasteiger partial charge on any atom is 0.303 e. The van der Waals surface area contributed by atoms with Gasteiger partial charge in [0, 0.05) is 24.3 Å². The molecule has 8 nitrogen and oxygen atoms in total. The average molecular weight is 549 g/mol. The molecule has 1 aliphatic rings. The molecule has 0 aliphatic carbocycles. The highest BCUT2D eigenvalue weighted by molar-refractivity contribution is 7.85. The standard InChI is InChI=1S/C21H24ClNO4.C6H6O3S/c22-16-5-7-19(8-6-16)27-20-11-9-18(10-12-20)26-15-17-3-1-13-23(17)14-2-4-21(24)25;7-10(8,9)6-4-2-1-3-5-6/h5-12,17H,1-4,13-15H2,(H,24,25);1-5H,(H,7,8,9)/p+1/t17-;/m0./s1. The number of hydrogen-bond donors (Lipinski definition) is 3. The number of carboxylic acid groups (broad SMARTS) is 1. The summed E-state index contributed by atoms with van der Waals surface area (Å²) in [6, 6.07) is 22.7. The van der Waals surface area contributed by atoms with Gasteiger partial charge in [0.05, 0.1) is 24.4 Å². The number of carboxylic acids is 1. The van der Waals surface area contributed by atoms with Crippen molar-refractivity contribution < 1.29 is 37.2 Å². The third-order valence-electron chi connectivity index (χ3n) is 5.88. The van der Waals surface area contributed by atoms with Crippen LogP contribution < -0.4 is 14.4 Å². The van der Waals surface area contributed by atoms with Crippen LogP contribution in [0.25, 0.3) is 0 Å². The quantitative estimate of drug-likeness (QED) is 0.322. The summed E-state index contributed by atoms with van der Waals surface area (Å²) in [6.45, 7) is 2.65. The predicted octanol–water partition coefficient (Wildman–Crippen LogP) is 4.36. The SMILES string of the molecule is O=C(O)CCC[NH+]1CCC[C@H]1COc1ccc(Oc2ccc(Cl)cc2)cc1.O=S(=O)(O)c1ccccc1. The molecule has 0 spiro atoms. The number of quaternary nitrogens is 1. The van der Waals surface area contributed by atoms with E-state index in [1.165, 1.54) is 23.5 Å². The number of likely N-dealkylation sites (tertiary alicyclic amines) is 1. The van der Waals surface area contributed by atoms with Crippen LogP contribution in [0.1, 0.15) is 25.7 Å². The van der Waals surface area contributed by atoms with Gasteiger partial charge < -0.3 is 19.5 Å². The Balaban J connectivity index is 0.000000319. The minimum Gasteiger partial charge on any atom is -0.487 e. The van der Waals surface area contributed by atoms with E-state index in [1.54, 1.807) is 30.3 Å². The molecule has 1 aliphatic heterocycles. The van der Waals surface area contributed by atoms with E-state index in [-0.39, 0.29) is 11.3 Å². The van der Waals surface area contributed by atoms with Crippen LogP contribution in [0.3, 0.4) is 0 Å². The fourth-order valence-electron chi connectivity index (χ4n) is 4.01. The molecule has 1 saturated heterocycles. The van der Waals surface area contributed by atoms with Gasteiger partial charge in [0.1, 0.15) is 29.9 Å². The Labute approximate surface area is 222 Å². The van der Waals surface area contributed by atoms with E-state index in [2.05, 4.69) is 0 Å². The second kappa shape index (κ2) is 14.0. The van der Waals surface area contributed by atoms with Crippen molar-refractivity contribution in [1.29, 1.82) is 0 Å². The van der Waals surface area contributed by atoms with Crippen molar-refractivity contribution in [2.45, 2.75) is 36.6 Å². The van der Waals surface area contributed by atoms with E-state index in [1.807, 2.05) is 36.4 Å². The normalized spacial score (nSPS) is 16.9. The summed E-state index contributed by atoms with van der Waals surface area (Å²) in [6.07, 6.45) is 3.26. The van der Waals surface area contributed by atoms with E-state index < -0.39 is 16.1 Å². The van der Waals surface area contributed by atoms with Crippen molar-refractivity contribution >= 4 is 27.7 Å². The molecule has 0 aromatic heterocycles. The average Bonchev–Trinajstić information content (AvgIpc) is 3.32. The molecule has 4 rings (SSSR count). The highest BCUT2D eigenvalue weighted by atomic mass is 35.5. The molecular weight excluding hydrogens is 518 g/mol. The molecule has 1 heterocycles. The lowest BCUT2D eigenvalue weighted by atomic mass is 10.2. The fraction of sp³-hybridized carbons (Fsp3) is 0.296. The summed E-state index contributed by atoms with van der Waals surface area (Å²) < 4.78 is 41.0. The maximum absolute atomic E-state index is 10.7. The van der Waals surface area contributed by atoms with Gasteiger partial charge in [0.2, 0.25) is 0 Å². The molecule has 1 unspecified atom stereocenters. The molecule has 37 heavy (non-hydrogen) atoms. The molecule has 3 aromatic rings. The van der Waals surface area contributed by atoms with Crippen molar-refractivity contribution in [2.24, 2.45) is 0 Å². The fourth-order valence-corrected chi connectivity index (χ4v) is 4.64. The van der Waals surface area contributed by atoms with Crippen LogP contribution in [0.4, 0.5) is 0 Å². The lowest BCUT2D eigenvalue weighted by Crippen LogP contribution is -3.14. The van der Waals surface area contributed by atoms with Gasteiger partial charge in [0.15, 0.2) is 0 Å². The number of benzene rings is 3. The molecule has 198 valence electrons. The van der Waals surface area contributed by atoms with Crippen LogP contribution in [0, 0.1) is 0 Å². The van der Waals surface area contributed by atoms with E-state index in [0.717, 1.165) is 43.2 Å². The maximum atomic E-state index is 10.7. The van der Waals surface area contributed by atoms with Gasteiger partial charge in [-0.3, -0.25) is 9.35 Å². The summed E-state index contributed by atoms with van der Waals surface area (Å²) in [5, 5.41) is 9.46. The Bertz CT molecular complexity index is 1220. The van der Waals surface area contributed by atoms with Gasteiger partial charge in [-0.15, -0.1) is 0 Å². The Morgan fingerprint density at radius 3 is 2.11 bits per heavy atom. The number of ether oxygens (including phenoxy) is 2. The molecular formula is C27H31ClNO7S+. The van der Waals surface area contributed by atoms with E-state index in [0.29, 0.717) is 17.7 Å². The zero-order chi connectivity index (χ0) is 26.7. The second-order valence-corrected chi connectivity index (χ2v) is 10.5. The summed E-state index contributed by atoms with van der Waals surface area (Å²) in [7, 11) is -4.00. The lowest BCUT2D eigenvalue weighted by Gasteiger charge is -2.21. The third kappa shape index (κ3) is 10.0. The first-order valence-electron chi connectivity index (χ1n) is 12.0. The zero-order valence-electron chi connectivity index (χ0n) is 20.3. The number of rotatable bonds is 10. The highest BCUT2D eigenvalue weighted by Crippen LogP contribution is 2.25. The number of halogens is 1. The van der Waals surface area contributed by atoms with E-state index in [9.17, 15) is 13.2 Å². The van der Waals surface area contributed by atoms with E-state index >= 15 is 0 Å². The number of hydrogen-bond acceptors (Lipinski definition) is 5. The first kappa shape index (κ1) is 28.5. The largest absolute Gasteiger partial charge is 0.487 e. The van der Waals surface area contributed by atoms with Crippen molar-refractivity contribution in [2.75, 3.05) is 19.7 Å². The minimum atomic E-state index is -4.00.